The minimum absolute atomic E-state index is 0.535. The van der Waals surface area contributed by atoms with Gasteiger partial charge in [0, 0.05) is 48.8 Å². The second-order valence-electron chi connectivity index (χ2n) is 13.2. The quantitative estimate of drug-likeness (QED) is 0.186. The predicted octanol–water partition coefficient (Wildman–Crippen LogP) is 13.1. The molecule has 0 N–H and O–H groups in total. The summed E-state index contributed by atoms with van der Waals surface area (Å²) in [5, 5.41) is 7.16. The molecule has 5 heterocycles. The van der Waals surface area contributed by atoms with Gasteiger partial charge >= 0.3 is 0 Å². The molecule has 0 unspecified atom stereocenters. The maximum atomic E-state index is 6.70. The highest BCUT2D eigenvalue weighted by Gasteiger charge is 2.24. The third-order valence-corrected chi connectivity index (χ3v) is 10.3. The van der Waals surface area contributed by atoms with Crippen LogP contribution < -0.4 is 0 Å². The van der Waals surface area contributed by atoms with E-state index < -0.39 is 0 Å². The first-order valence-electron chi connectivity index (χ1n) is 17.2. The van der Waals surface area contributed by atoms with Gasteiger partial charge in [-0.05, 0) is 48.0 Å². The summed E-state index contributed by atoms with van der Waals surface area (Å²) in [7, 11) is 0. The number of fused-ring (bicyclic) bond motifs is 12. The molecular weight excluding hydrogens is 645 g/mol. The van der Waals surface area contributed by atoms with E-state index in [1.54, 1.807) is 0 Å². The lowest BCUT2D eigenvalue weighted by Gasteiger charge is -2.07. The Hall–Kier alpha value is -7.18. The van der Waals surface area contributed by atoms with Gasteiger partial charge in [-0.1, -0.05) is 103 Å². The summed E-state index contributed by atoms with van der Waals surface area (Å²) >= 11 is 0. The molecule has 6 heteroatoms. The van der Waals surface area contributed by atoms with E-state index in [1.807, 2.05) is 84.9 Å². The van der Waals surface area contributed by atoms with Gasteiger partial charge in [-0.15, -0.1) is 0 Å². The molecule has 52 heavy (non-hydrogen) atoms. The van der Waals surface area contributed by atoms with Gasteiger partial charge in [0.15, 0.2) is 11.4 Å². The maximum absolute atomic E-state index is 6.70. The molecule has 242 valence electrons. The average molecular weight is 669 g/mol. The summed E-state index contributed by atoms with van der Waals surface area (Å²) in [6, 6.07) is 49.2. The molecule has 0 spiro atoms. The van der Waals surface area contributed by atoms with Gasteiger partial charge in [-0.3, -0.25) is 0 Å². The number of rotatable bonds is 3. The van der Waals surface area contributed by atoms with Crippen molar-refractivity contribution in [1.82, 2.24) is 9.97 Å². The SMILES string of the molecule is c1ccc2c(c1)oc1c(-c3ccc4oc5c(-c6cccc7c6oc6ccccc67)nc(-c6cccc7c6oc6ccccc67)nc5c4c3)cccc12. The first-order chi connectivity index (χ1) is 25.8. The Morgan fingerprint density at radius 2 is 0.788 bits per heavy atom. The molecule has 12 rings (SSSR count). The van der Waals surface area contributed by atoms with Crippen LogP contribution in [0.4, 0.5) is 0 Å². The summed E-state index contributed by atoms with van der Waals surface area (Å²) < 4.78 is 26.1. The Morgan fingerprint density at radius 1 is 0.327 bits per heavy atom. The molecule has 0 saturated carbocycles. The topological polar surface area (TPSA) is 78.3 Å². The van der Waals surface area contributed by atoms with E-state index in [9.17, 15) is 0 Å². The van der Waals surface area contributed by atoms with Crippen molar-refractivity contribution in [2.75, 3.05) is 0 Å². The van der Waals surface area contributed by atoms with E-state index in [-0.39, 0.29) is 0 Å². The van der Waals surface area contributed by atoms with E-state index in [0.29, 0.717) is 28.2 Å². The highest BCUT2D eigenvalue weighted by molar-refractivity contribution is 6.16. The Bertz CT molecular complexity index is 3430. The number of para-hydroxylation sites is 6. The molecule has 0 amide bonds. The minimum Gasteiger partial charge on any atom is -0.455 e. The first-order valence-corrected chi connectivity index (χ1v) is 17.2. The zero-order valence-electron chi connectivity index (χ0n) is 27.4. The van der Waals surface area contributed by atoms with Crippen LogP contribution in [0, 0.1) is 0 Å². The van der Waals surface area contributed by atoms with Gasteiger partial charge in [0.2, 0.25) is 0 Å². The van der Waals surface area contributed by atoms with Gasteiger partial charge in [-0.2, -0.15) is 0 Å². The second kappa shape index (κ2) is 10.2. The zero-order valence-corrected chi connectivity index (χ0v) is 27.4. The molecule has 0 fully saturated rings. The van der Waals surface area contributed by atoms with E-state index in [2.05, 4.69) is 60.7 Å². The van der Waals surface area contributed by atoms with Crippen molar-refractivity contribution in [2.24, 2.45) is 0 Å². The van der Waals surface area contributed by atoms with Gasteiger partial charge in [0.05, 0.1) is 5.56 Å². The lowest BCUT2D eigenvalue weighted by atomic mass is 10.0. The first kappa shape index (κ1) is 27.6. The van der Waals surface area contributed by atoms with Crippen molar-refractivity contribution >= 4 is 87.9 Å². The summed E-state index contributed by atoms with van der Waals surface area (Å²) in [5.74, 6) is 0.535. The number of benzene rings is 7. The van der Waals surface area contributed by atoms with Crippen LogP contribution >= 0.6 is 0 Å². The van der Waals surface area contributed by atoms with Gasteiger partial charge in [-0.25, -0.2) is 9.97 Å². The molecule has 0 saturated heterocycles. The molecule has 0 aliphatic carbocycles. The molecule has 12 aromatic rings. The third-order valence-electron chi connectivity index (χ3n) is 10.3. The average Bonchev–Trinajstić information content (AvgIpc) is 3.97. The van der Waals surface area contributed by atoms with Gasteiger partial charge in [0.1, 0.15) is 50.3 Å². The smallest absolute Gasteiger partial charge is 0.180 e. The van der Waals surface area contributed by atoms with Crippen LogP contribution in [0.1, 0.15) is 0 Å². The molecular formula is C46H24N2O4. The number of nitrogens with zero attached hydrogens (tertiary/aromatic N) is 2. The Morgan fingerprint density at radius 3 is 1.40 bits per heavy atom. The molecule has 0 bridgehead atoms. The fourth-order valence-corrected chi connectivity index (χ4v) is 7.95. The van der Waals surface area contributed by atoms with Gasteiger partial charge < -0.3 is 17.7 Å². The van der Waals surface area contributed by atoms with Crippen LogP contribution in [-0.4, -0.2) is 9.97 Å². The van der Waals surface area contributed by atoms with Crippen LogP contribution in [-0.2, 0) is 0 Å². The highest BCUT2D eigenvalue weighted by atomic mass is 16.3. The van der Waals surface area contributed by atoms with Crippen molar-refractivity contribution in [3.8, 4) is 33.8 Å². The zero-order chi connectivity index (χ0) is 33.9. The van der Waals surface area contributed by atoms with E-state index in [0.717, 1.165) is 93.5 Å². The summed E-state index contributed by atoms with van der Waals surface area (Å²) in [4.78, 5) is 10.6. The van der Waals surface area contributed by atoms with Crippen molar-refractivity contribution in [3.05, 3.63) is 146 Å². The summed E-state index contributed by atoms with van der Waals surface area (Å²) in [6.07, 6.45) is 0. The Kier molecular flexibility index (Phi) is 5.41. The van der Waals surface area contributed by atoms with E-state index in [1.165, 1.54) is 0 Å². The molecule has 0 aliphatic rings. The third kappa shape index (κ3) is 3.78. The van der Waals surface area contributed by atoms with Crippen molar-refractivity contribution in [1.29, 1.82) is 0 Å². The standard InChI is InChI=1S/C46H24N2O4/c1-4-19-36-27(10-1)30-14-7-13-26(42(30)49-36)25-22-23-39-35(24-25)41-45(52-39)40(33-17-8-15-31-28-11-2-5-20-37(28)50-43(31)33)47-46(48-41)34-18-9-16-32-29-12-3-6-21-38(29)51-44(32)34/h1-24H. The number of furan rings is 4. The van der Waals surface area contributed by atoms with Crippen LogP contribution in [0.25, 0.3) is 122 Å². The van der Waals surface area contributed by atoms with Crippen LogP contribution in [0.3, 0.4) is 0 Å². The fourth-order valence-electron chi connectivity index (χ4n) is 7.95. The molecule has 0 radical (unpaired) electrons. The monoisotopic (exact) mass is 668 g/mol. The highest BCUT2D eigenvalue weighted by Crippen LogP contribution is 2.44. The van der Waals surface area contributed by atoms with E-state index >= 15 is 0 Å². The molecule has 5 aromatic heterocycles. The number of hydrogen-bond donors (Lipinski definition) is 0. The maximum Gasteiger partial charge on any atom is 0.180 e. The van der Waals surface area contributed by atoms with Crippen molar-refractivity contribution in [2.45, 2.75) is 0 Å². The Labute approximate surface area is 294 Å². The molecule has 6 nitrogen and oxygen atoms in total. The number of aromatic nitrogens is 2. The Balaban J connectivity index is 1.17. The van der Waals surface area contributed by atoms with Crippen molar-refractivity contribution in [3.63, 3.8) is 0 Å². The normalized spacial score (nSPS) is 12.2. The lowest BCUT2D eigenvalue weighted by Crippen LogP contribution is -1.94. The summed E-state index contributed by atoms with van der Waals surface area (Å²) in [6.45, 7) is 0. The fraction of sp³-hybridized carbons (Fsp3) is 0. The second-order valence-corrected chi connectivity index (χ2v) is 13.2. The van der Waals surface area contributed by atoms with Crippen LogP contribution in [0.2, 0.25) is 0 Å². The van der Waals surface area contributed by atoms with Crippen LogP contribution in [0.5, 0.6) is 0 Å². The minimum atomic E-state index is 0.535. The predicted molar refractivity (Wildman–Crippen MR) is 207 cm³/mol. The molecule has 0 aliphatic heterocycles. The lowest BCUT2D eigenvalue weighted by molar-refractivity contribution is 0.662. The van der Waals surface area contributed by atoms with Crippen LogP contribution in [0.15, 0.2) is 163 Å². The molecule has 0 atom stereocenters. The summed E-state index contributed by atoms with van der Waals surface area (Å²) in [5.41, 5.74) is 11.1. The molecule has 7 aromatic carbocycles. The van der Waals surface area contributed by atoms with E-state index in [4.69, 9.17) is 27.6 Å². The largest absolute Gasteiger partial charge is 0.455 e. The van der Waals surface area contributed by atoms with Crippen molar-refractivity contribution < 1.29 is 17.7 Å². The number of hydrogen-bond acceptors (Lipinski definition) is 6. The van der Waals surface area contributed by atoms with Gasteiger partial charge in [0.25, 0.3) is 0 Å².